The van der Waals surface area contributed by atoms with Crippen LogP contribution in [0.4, 0.5) is 0 Å². The Labute approximate surface area is 69.4 Å². The molecule has 1 rings (SSSR count). The Balaban J connectivity index is 3.36. The molecule has 0 amide bonds. The molecule has 0 saturated carbocycles. The minimum Gasteiger partial charge on any atom is -0.507 e. The van der Waals surface area contributed by atoms with Crippen LogP contribution in [-0.2, 0) is 0 Å². The lowest BCUT2D eigenvalue weighted by Gasteiger charge is -2.01. The molecule has 0 fully saturated rings. The summed E-state index contributed by atoms with van der Waals surface area (Å²) in [6, 6.07) is 2.98. The van der Waals surface area contributed by atoms with Gasteiger partial charge in [-0.1, -0.05) is 11.6 Å². The van der Waals surface area contributed by atoms with Crippen LogP contribution in [0.1, 0.15) is 15.9 Å². The molecule has 0 heterocycles. The number of aryl methyl sites for hydroxylation is 1. The van der Waals surface area contributed by atoms with Gasteiger partial charge in [-0.25, -0.2) is 0 Å². The van der Waals surface area contributed by atoms with Crippen LogP contribution >= 0.6 is 11.6 Å². The van der Waals surface area contributed by atoms with E-state index in [9.17, 15) is 4.79 Å². The van der Waals surface area contributed by atoms with Gasteiger partial charge in [0, 0.05) is 5.02 Å². The summed E-state index contributed by atoms with van der Waals surface area (Å²) in [4.78, 5) is 10.4. The Morgan fingerprint density at radius 3 is 2.64 bits per heavy atom. The lowest BCUT2D eigenvalue weighted by molar-refractivity contribution is 0.112. The first kappa shape index (κ1) is 8.08. The van der Waals surface area contributed by atoms with Crippen LogP contribution in [-0.4, -0.2) is 11.4 Å². The van der Waals surface area contributed by atoms with E-state index in [1.165, 1.54) is 6.07 Å². The second-order valence-electron chi connectivity index (χ2n) is 2.27. The average Bonchev–Trinajstić information content (AvgIpc) is 1.85. The number of carbonyl (C=O) groups excluding carboxylic acids is 1. The molecule has 11 heavy (non-hydrogen) atoms. The minimum atomic E-state index is -0.0648. The highest BCUT2D eigenvalue weighted by Crippen LogP contribution is 2.23. The third-order valence-electron chi connectivity index (χ3n) is 1.45. The molecule has 0 saturated heterocycles. The first-order valence-corrected chi connectivity index (χ1v) is 3.47. The molecule has 0 bridgehead atoms. The largest absolute Gasteiger partial charge is 0.507 e. The maximum atomic E-state index is 10.4. The molecule has 0 spiro atoms. The lowest BCUT2D eigenvalue weighted by Crippen LogP contribution is -1.86. The fraction of sp³-hybridized carbons (Fsp3) is 0.125. The Hall–Kier alpha value is -1.02. The van der Waals surface area contributed by atoms with E-state index in [0.29, 0.717) is 22.4 Å². The van der Waals surface area contributed by atoms with Gasteiger partial charge in [-0.2, -0.15) is 0 Å². The third kappa shape index (κ3) is 1.52. The fourth-order valence-corrected chi connectivity index (χ4v) is 1.16. The molecule has 0 aliphatic carbocycles. The molecule has 0 aliphatic heterocycles. The topological polar surface area (TPSA) is 37.3 Å². The van der Waals surface area contributed by atoms with Crippen LogP contribution in [0.5, 0.6) is 5.75 Å². The maximum Gasteiger partial charge on any atom is 0.154 e. The number of benzene rings is 1. The van der Waals surface area contributed by atoms with Crippen molar-refractivity contribution in [1.82, 2.24) is 0 Å². The molecule has 0 aromatic heterocycles. The van der Waals surface area contributed by atoms with Gasteiger partial charge in [0.25, 0.3) is 0 Å². The zero-order chi connectivity index (χ0) is 8.43. The van der Waals surface area contributed by atoms with E-state index in [1.807, 2.05) is 0 Å². The number of phenols is 1. The summed E-state index contributed by atoms with van der Waals surface area (Å²) in [5.74, 6) is -0.0648. The van der Waals surface area contributed by atoms with E-state index >= 15 is 0 Å². The molecular weight excluding hydrogens is 164 g/mol. The number of aromatic hydroxyl groups is 1. The van der Waals surface area contributed by atoms with Crippen LogP contribution in [0, 0.1) is 6.92 Å². The van der Waals surface area contributed by atoms with E-state index < -0.39 is 0 Å². The Morgan fingerprint density at radius 1 is 1.55 bits per heavy atom. The summed E-state index contributed by atoms with van der Waals surface area (Å²) in [5.41, 5.74) is 0.986. The molecule has 58 valence electrons. The van der Waals surface area contributed by atoms with E-state index in [2.05, 4.69) is 0 Å². The van der Waals surface area contributed by atoms with E-state index in [4.69, 9.17) is 16.7 Å². The highest BCUT2D eigenvalue weighted by Gasteiger charge is 2.04. The quantitative estimate of drug-likeness (QED) is 0.656. The van der Waals surface area contributed by atoms with Gasteiger partial charge in [-0.05, 0) is 24.6 Å². The fourth-order valence-electron chi connectivity index (χ4n) is 0.890. The standard InChI is InChI=1S/C8H7ClO2/c1-5-2-6(9)3-8(11)7(5)4-10/h2-4,11H,1H3. The van der Waals surface area contributed by atoms with Gasteiger partial charge in [0.05, 0.1) is 5.56 Å². The molecule has 2 nitrogen and oxygen atoms in total. The predicted octanol–water partition coefficient (Wildman–Crippen LogP) is 2.17. The lowest BCUT2D eigenvalue weighted by atomic mass is 10.1. The number of phenolic OH excluding ortho intramolecular Hbond substituents is 1. The van der Waals surface area contributed by atoms with Crippen LogP contribution < -0.4 is 0 Å². The number of hydrogen-bond donors (Lipinski definition) is 1. The summed E-state index contributed by atoms with van der Waals surface area (Å²) in [6.07, 6.45) is 0.612. The smallest absolute Gasteiger partial charge is 0.154 e. The first-order chi connectivity index (χ1) is 5.15. The average molecular weight is 171 g/mol. The number of halogens is 1. The van der Waals surface area contributed by atoms with Crippen molar-refractivity contribution >= 4 is 17.9 Å². The van der Waals surface area contributed by atoms with Crippen molar-refractivity contribution in [3.8, 4) is 5.75 Å². The molecule has 1 aromatic carbocycles. The van der Waals surface area contributed by atoms with Gasteiger partial charge in [0.2, 0.25) is 0 Å². The molecule has 0 radical (unpaired) electrons. The number of hydrogen-bond acceptors (Lipinski definition) is 2. The zero-order valence-corrected chi connectivity index (χ0v) is 6.72. The Bertz CT molecular complexity index is 271. The van der Waals surface area contributed by atoms with Crippen molar-refractivity contribution in [2.45, 2.75) is 6.92 Å². The molecule has 0 atom stereocenters. The highest BCUT2D eigenvalue weighted by atomic mass is 35.5. The van der Waals surface area contributed by atoms with E-state index in [0.717, 1.165) is 0 Å². The predicted molar refractivity (Wildman–Crippen MR) is 43.2 cm³/mol. The zero-order valence-electron chi connectivity index (χ0n) is 5.97. The highest BCUT2D eigenvalue weighted by molar-refractivity contribution is 6.30. The summed E-state index contributed by atoms with van der Waals surface area (Å²) >= 11 is 5.60. The summed E-state index contributed by atoms with van der Waals surface area (Å²) in [7, 11) is 0. The first-order valence-electron chi connectivity index (χ1n) is 3.09. The van der Waals surface area contributed by atoms with Gasteiger partial charge in [0.1, 0.15) is 5.75 Å². The maximum absolute atomic E-state index is 10.4. The summed E-state index contributed by atoms with van der Waals surface area (Å²) in [6.45, 7) is 1.72. The number of rotatable bonds is 1. The van der Waals surface area contributed by atoms with Crippen LogP contribution in [0.3, 0.4) is 0 Å². The number of carbonyl (C=O) groups is 1. The van der Waals surface area contributed by atoms with Gasteiger partial charge < -0.3 is 5.11 Å². The van der Waals surface area contributed by atoms with Crippen molar-refractivity contribution in [2.24, 2.45) is 0 Å². The van der Waals surface area contributed by atoms with Gasteiger partial charge >= 0.3 is 0 Å². The van der Waals surface area contributed by atoms with Crippen LogP contribution in [0.25, 0.3) is 0 Å². The van der Waals surface area contributed by atoms with Crippen molar-refractivity contribution in [1.29, 1.82) is 0 Å². The van der Waals surface area contributed by atoms with Crippen LogP contribution in [0.15, 0.2) is 12.1 Å². The van der Waals surface area contributed by atoms with Crippen molar-refractivity contribution in [2.75, 3.05) is 0 Å². The van der Waals surface area contributed by atoms with Gasteiger partial charge in [-0.15, -0.1) is 0 Å². The van der Waals surface area contributed by atoms with Crippen molar-refractivity contribution in [3.05, 3.63) is 28.3 Å². The van der Waals surface area contributed by atoms with Gasteiger partial charge in [0.15, 0.2) is 6.29 Å². The Morgan fingerprint density at radius 2 is 2.18 bits per heavy atom. The summed E-state index contributed by atoms with van der Waals surface area (Å²) in [5, 5.41) is 9.59. The van der Waals surface area contributed by atoms with Gasteiger partial charge in [-0.3, -0.25) is 4.79 Å². The summed E-state index contributed by atoms with van der Waals surface area (Å²) < 4.78 is 0. The van der Waals surface area contributed by atoms with Crippen molar-refractivity contribution < 1.29 is 9.90 Å². The molecule has 3 heteroatoms. The minimum absolute atomic E-state index is 0.0648. The van der Waals surface area contributed by atoms with Crippen LogP contribution in [0.2, 0.25) is 5.02 Å². The third-order valence-corrected chi connectivity index (χ3v) is 1.67. The number of aldehydes is 1. The second kappa shape index (κ2) is 2.93. The Kier molecular flexibility index (Phi) is 2.15. The SMILES string of the molecule is Cc1cc(Cl)cc(O)c1C=O. The molecule has 1 N–H and O–H groups in total. The van der Waals surface area contributed by atoms with E-state index in [-0.39, 0.29) is 5.75 Å². The second-order valence-corrected chi connectivity index (χ2v) is 2.71. The molecule has 0 aliphatic rings. The normalized spacial score (nSPS) is 9.64. The molecule has 0 unspecified atom stereocenters. The van der Waals surface area contributed by atoms with Crippen molar-refractivity contribution in [3.63, 3.8) is 0 Å². The molecule has 1 aromatic rings. The monoisotopic (exact) mass is 170 g/mol. The molecular formula is C8H7ClO2. The van der Waals surface area contributed by atoms with E-state index in [1.54, 1.807) is 13.0 Å².